The van der Waals surface area contributed by atoms with Crippen LogP contribution in [0.2, 0.25) is 0 Å². The summed E-state index contributed by atoms with van der Waals surface area (Å²) in [5, 5.41) is 19.3. The molecule has 1 aromatic carbocycles. The number of benzene rings is 1. The Balaban J connectivity index is 2.59. The van der Waals surface area contributed by atoms with Gasteiger partial charge < -0.3 is 5.11 Å². The third kappa shape index (κ3) is 4.21. The number of rotatable bonds is 6. The van der Waals surface area contributed by atoms with Crippen LogP contribution in [0.5, 0.6) is 0 Å². The highest BCUT2D eigenvalue weighted by Gasteiger charge is 2.05. The fraction of sp³-hybridized carbons (Fsp3) is 0.250. The Labute approximate surface area is 109 Å². The molecule has 0 saturated carbocycles. The van der Waals surface area contributed by atoms with Gasteiger partial charge >= 0.3 is 5.97 Å². The lowest BCUT2D eigenvalue weighted by atomic mass is 10.2. The van der Waals surface area contributed by atoms with Gasteiger partial charge in [0.15, 0.2) is 0 Å². The van der Waals surface area contributed by atoms with Crippen LogP contribution in [0.25, 0.3) is 0 Å². The van der Waals surface area contributed by atoms with Crippen LogP contribution < -0.4 is 0 Å². The van der Waals surface area contributed by atoms with Crippen molar-refractivity contribution in [2.75, 3.05) is 5.75 Å². The monoisotopic (exact) mass is 267 g/mol. The molecular weight excluding hydrogens is 254 g/mol. The summed E-state index contributed by atoms with van der Waals surface area (Å²) in [7, 11) is 0. The van der Waals surface area contributed by atoms with Gasteiger partial charge in [0.25, 0.3) is 5.69 Å². The van der Waals surface area contributed by atoms with Crippen molar-refractivity contribution >= 4 is 23.4 Å². The Morgan fingerprint density at radius 1 is 1.44 bits per heavy atom. The van der Waals surface area contributed by atoms with Gasteiger partial charge in [0.2, 0.25) is 0 Å². The first-order valence-electron chi connectivity index (χ1n) is 5.34. The minimum Gasteiger partial charge on any atom is -0.478 e. The van der Waals surface area contributed by atoms with Crippen molar-refractivity contribution in [3.8, 4) is 0 Å². The van der Waals surface area contributed by atoms with Crippen LogP contribution in [0.15, 0.2) is 40.8 Å². The Kier molecular flexibility index (Phi) is 5.38. The van der Waals surface area contributed by atoms with Crippen molar-refractivity contribution < 1.29 is 14.8 Å². The van der Waals surface area contributed by atoms with Gasteiger partial charge in [0.05, 0.1) is 4.92 Å². The summed E-state index contributed by atoms with van der Waals surface area (Å²) in [5.41, 5.74) is 0.430. The first-order valence-corrected chi connectivity index (χ1v) is 6.32. The molecule has 96 valence electrons. The molecule has 0 fully saturated rings. The number of nitro benzene ring substituents is 1. The van der Waals surface area contributed by atoms with Crippen LogP contribution in [0, 0.1) is 10.1 Å². The first kappa shape index (κ1) is 14.2. The molecule has 0 saturated heterocycles. The molecule has 0 aromatic heterocycles. The second kappa shape index (κ2) is 6.80. The molecule has 5 nitrogen and oxygen atoms in total. The predicted molar refractivity (Wildman–Crippen MR) is 69.8 cm³/mol. The van der Waals surface area contributed by atoms with Crippen molar-refractivity contribution in [3.63, 3.8) is 0 Å². The van der Waals surface area contributed by atoms with E-state index in [1.54, 1.807) is 25.1 Å². The van der Waals surface area contributed by atoms with Gasteiger partial charge in [-0.3, -0.25) is 10.1 Å². The molecule has 0 heterocycles. The van der Waals surface area contributed by atoms with Crippen LogP contribution in [0.4, 0.5) is 5.69 Å². The summed E-state index contributed by atoms with van der Waals surface area (Å²) in [6.45, 7) is 1.79. The molecular formula is C12H13NO4S. The number of hydrogen-bond donors (Lipinski definition) is 1. The summed E-state index contributed by atoms with van der Waals surface area (Å²) in [5.74, 6) is -0.366. The molecule has 0 amide bonds. The zero-order valence-electron chi connectivity index (χ0n) is 9.83. The lowest BCUT2D eigenvalue weighted by Crippen LogP contribution is -1.99. The highest BCUT2D eigenvalue weighted by Crippen LogP contribution is 2.21. The fourth-order valence-electron chi connectivity index (χ4n) is 1.29. The van der Waals surface area contributed by atoms with Crippen molar-refractivity contribution in [1.29, 1.82) is 0 Å². The van der Waals surface area contributed by atoms with E-state index in [1.807, 2.05) is 0 Å². The van der Waals surface area contributed by atoms with E-state index in [4.69, 9.17) is 5.11 Å². The smallest absolute Gasteiger partial charge is 0.331 e. The number of thioether (sulfide) groups is 1. The van der Waals surface area contributed by atoms with Gasteiger partial charge in [-0.1, -0.05) is 13.0 Å². The molecule has 0 atom stereocenters. The standard InChI is InChI=1S/C12H13NO4S/c1-2-9(12(14)15)7-8-18-11-5-3-10(4-6-11)13(16)17/h3-7H,2,8H2,1H3,(H,14,15). The lowest BCUT2D eigenvalue weighted by molar-refractivity contribution is -0.384. The van der Waals surface area contributed by atoms with E-state index in [-0.39, 0.29) is 5.69 Å². The Hall–Kier alpha value is -1.82. The molecule has 18 heavy (non-hydrogen) atoms. The molecule has 0 unspecified atom stereocenters. The van der Waals surface area contributed by atoms with Crippen LogP contribution in [0.1, 0.15) is 13.3 Å². The van der Waals surface area contributed by atoms with Gasteiger partial charge in [-0.2, -0.15) is 0 Å². The van der Waals surface area contributed by atoms with Gasteiger partial charge in [0.1, 0.15) is 0 Å². The van der Waals surface area contributed by atoms with E-state index in [9.17, 15) is 14.9 Å². The highest BCUT2D eigenvalue weighted by molar-refractivity contribution is 7.99. The van der Waals surface area contributed by atoms with E-state index >= 15 is 0 Å². The lowest BCUT2D eigenvalue weighted by Gasteiger charge is -2.00. The topological polar surface area (TPSA) is 80.4 Å². The van der Waals surface area contributed by atoms with E-state index < -0.39 is 10.9 Å². The second-order valence-corrected chi connectivity index (χ2v) is 4.54. The van der Waals surface area contributed by atoms with E-state index in [0.29, 0.717) is 17.7 Å². The highest BCUT2D eigenvalue weighted by atomic mass is 32.2. The number of nitro groups is 1. The molecule has 1 N–H and O–H groups in total. The Bertz CT molecular complexity index is 467. The Morgan fingerprint density at radius 2 is 2.06 bits per heavy atom. The third-order valence-electron chi connectivity index (χ3n) is 2.28. The third-order valence-corrected chi connectivity index (χ3v) is 3.22. The van der Waals surface area contributed by atoms with Crippen LogP contribution in [-0.2, 0) is 4.79 Å². The minimum absolute atomic E-state index is 0.0506. The number of hydrogen-bond acceptors (Lipinski definition) is 4. The molecule has 0 aliphatic heterocycles. The normalized spacial score (nSPS) is 11.3. The molecule has 0 aliphatic carbocycles. The quantitative estimate of drug-likeness (QED) is 0.370. The fourth-order valence-corrected chi connectivity index (χ4v) is 2.09. The van der Waals surface area contributed by atoms with E-state index in [1.165, 1.54) is 23.9 Å². The first-order chi connectivity index (χ1) is 8.54. The summed E-state index contributed by atoms with van der Waals surface area (Å²) >= 11 is 1.44. The summed E-state index contributed by atoms with van der Waals surface area (Å²) in [6, 6.07) is 6.18. The number of carboxylic acid groups (broad SMARTS) is 1. The number of aliphatic carboxylic acids is 1. The van der Waals surface area contributed by atoms with Crippen LogP contribution in [-0.4, -0.2) is 21.8 Å². The number of carbonyl (C=O) groups is 1. The maximum Gasteiger partial charge on any atom is 0.331 e. The van der Waals surface area contributed by atoms with Gasteiger partial charge in [-0.25, -0.2) is 4.79 Å². The average molecular weight is 267 g/mol. The van der Waals surface area contributed by atoms with Crippen LogP contribution >= 0.6 is 11.8 Å². The zero-order chi connectivity index (χ0) is 13.5. The summed E-state index contributed by atoms with van der Waals surface area (Å²) < 4.78 is 0. The van der Waals surface area contributed by atoms with Crippen molar-refractivity contribution in [1.82, 2.24) is 0 Å². The van der Waals surface area contributed by atoms with Crippen molar-refractivity contribution in [3.05, 3.63) is 46.0 Å². The van der Waals surface area contributed by atoms with Gasteiger partial charge in [-0.05, 0) is 18.6 Å². The van der Waals surface area contributed by atoms with Crippen molar-refractivity contribution in [2.24, 2.45) is 0 Å². The van der Waals surface area contributed by atoms with Gasteiger partial charge in [0, 0.05) is 28.4 Å². The molecule has 0 aliphatic rings. The SMILES string of the molecule is CCC(=CCSc1ccc([N+](=O)[O-])cc1)C(=O)O. The maximum absolute atomic E-state index is 10.7. The predicted octanol–water partition coefficient (Wildman–Crippen LogP) is 3.11. The van der Waals surface area contributed by atoms with E-state index in [0.717, 1.165) is 4.90 Å². The molecule has 0 bridgehead atoms. The van der Waals surface area contributed by atoms with Gasteiger partial charge in [-0.15, -0.1) is 11.8 Å². The zero-order valence-corrected chi connectivity index (χ0v) is 10.6. The average Bonchev–Trinajstić information content (AvgIpc) is 2.34. The largest absolute Gasteiger partial charge is 0.478 e. The molecule has 6 heteroatoms. The Morgan fingerprint density at radius 3 is 2.50 bits per heavy atom. The summed E-state index contributed by atoms with van der Waals surface area (Å²) in [4.78, 5) is 21.6. The molecule has 1 rings (SSSR count). The number of nitrogens with zero attached hydrogens (tertiary/aromatic N) is 1. The summed E-state index contributed by atoms with van der Waals surface area (Å²) in [6.07, 6.45) is 2.14. The molecule has 0 spiro atoms. The molecule has 0 radical (unpaired) electrons. The maximum atomic E-state index is 10.7. The minimum atomic E-state index is -0.901. The number of non-ortho nitro benzene ring substituents is 1. The number of carboxylic acids is 1. The molecule has 1 aromatic rings. The van der Waals surface area contributed by atoms with Crippen LogP contribution in [0.3, 0.4) is 0 Å². The van der Waals surface area contributed by atoms with Crippen molar-refractivity contribution in [2.45, 2.75) is 18.2 Å². The van der Waals surface area contributed by atoms with E-state index in [2.05, 4.69) is 0 Å². The second-order valence-electron chi connectivity index (χ2n) is 3.45.